The van der Waals surface area contributed by atoms with Gasteiger partial charge in [0.15, 0.2) is 0 Å². The van der Waals surface area contributed by atoms with Crippen LogP contribution in [0.5, 0.6) is 0 Å². The summed E-state index contributed by atoms with van der Waals surface area (Å²) in [5, 5.41) is 6.66. The predicted octanol–water partition coefficient (Wildman–Crippen LogP) is 2.60. The third kappa shape index (κ3) is 2.68. The van der Waals surface area contributed by atoms with E-state index in [-0.39, 0.29) is 0 Å². The summed E-state index contributed by atoms with van der Waals surface area (Å²) in [6.07, 6.45) is 3.26. The van der Waals surface area contributed by atoms with Gasteiger partial charge in [-0.25, -0.2) is 9.97 Å². The fourth-order valence-electron chi connectivity index (χ4n) is 1.98. The minimum Gasteiger partial charge on any atom is -0.373 e. The highest BCUT2D eigenvalue weighted by Crippen LogP contribution is 2.33. The van der Waals surface area contributed by atoms with E-state index in [2.05, 4.69) is 41.4 Å². The number of nitrogens with zero attached hydrogens (tertiary/aromatic N) is 2. The molecule has 0 bridgehead atoms. The van der Waals surface area contributed by atoms with E-state index in [1.165, 1.54) is 6.42 Å². The Kier molecular flexibility index (Phi) is 3.50. The van der Waals surface area contributed by atoms with E-state index in [0.29, 0.717) is 6.04 Å². The minimum atomic E-state index is 0.600. The van der Waals surface area contributed by atoms with Crippen molar-refractivity contribution in [1.29, 1.82) is 0 Å². The Morgan fingerprint density at radius 2 is 1.94 bits per heavy atom. The molecule has 4 nitrogen and oxygen atoms in total. The van der Waals surface area contributed by atoms with Crippen LogP contribution in [0.4, 0.5) is 11.6 Å². The maximum Gasteiger partial charge on any atom is 0.135 e. The number of rotatable bonds is 5. The van der Waals surface area contributed by atoms with Crippen molar-refractivity contribution in [2.24, 2.45) is 5.92 Å². The molecule has 0 amide bonds. The number of aromatic nitrogens is 2. The second-order valence-corrected chi connectivity index (χ2v) is 4.93. The maximum absolute atomic E-state index is 4.62. The number of hydrogen-bond donors (Lipinski definition) is 2. The molecule has 0 radical (unpaired) electrons. The van der Waals surface area contributed by atoms with Crippen molar-refractivity contribution in [3.05, 3.63) is 11.4 Å². The van der Waals surface area contributed by atoms with E-state index >= 15 is 0 Å². The van der Waals surface area contributed by atoms with Crippen LogP contribution in [-0.4, -0.2) is 23.1 Å². The van der Waals surface area contributed by atoms with Crippen LogP contribution < -0.4 is 10.6 Å². The standard InChI is InChI=1S/C13H22N4/c1-5-6-11-16-12(14-4)9(3)13(17-11)15-10-7-8(10)2/h8,10H,5-7H2,1-4H3,(H2,14,15,16,17). The fourth-order valence-corrected chi connectivity index (χ4v) is 1.98. The minimum absolute atomic E-state index is 0.600. The molecule has 0 spiro atoms. The molecule has 2 unspecified atom stereocenters. The van der Waals surface area contributed by atoms with Crippen LogP contribution in [0.3, 0.4) is 0 Å². The first-order valence-corrected chi connectivity index (χ1v) is 6.47. The first kappa shape index (κ1) is 12.1. The van der Waals surface area contributed by atoms with Crippen LogP contribution in [0.1, 0.15) is 38.1 Å². The van der Waals surface area contributed by atoms with Gasteiger partial charge in [0.2, 0.25) is 0 Å². The van der Waals surface area contributed by atoms with Crippen molar-refractivity contribution >= 4 is 11.6 Å². The number of hydrogen-bond acceptors (Lipinski definition) is 4. The highest BCUT2D eigenvalue weighted by atomic mass is 15.1. The first-order valence-electron chi connectivity index (χ1n) is 6.47. The van der Waals surface area contributed by atoms with E-state index in [4.69, 9.17) is 0 Å². The third-order valence-corrected chi connectivity index (χ3v) is 3.33. The van der Waals surface area contributed by atoms with Gasteiger partial charge in [-0.3, -0.25) is 0 Å². The van der Waals surface area contributed by atoms with Crippen LogP contribution in [0.2, 0.25) is 0 Å². The summed E-state index contributed by atoms with van der Waals surface area (Å²) >= 11 is 0. The average molecular weight is 234 g/mol. The Balaban J connectivity index is 2.24. The van der Waals surface area contributed by atoms with Crippen molar-refractivity contribution < 1.29 is 0 Å². The molecule has 0 aliphatic heterocycles. The molecule has 2 rings (SSSR count). The summed E-state index contributed by atoms with van der Waals surface area (Å²) < 4.78 is 0. The Morgan fingerprint density at radius 1 is 1.29 bits per heavy atom. The molecule has 1 aromatic heterocycles. The second-order valence-electron chi connectivity index (χ2n) is 4.93. The van der Waals surface area contributed by atoms with Gasteiger partial charge in [-0.2, -0.15) is 0 Å². The van der Waals surface area contributed by atoms with Gasteiger partial charge >= 0.3 is 0 Å². The lowest BCUT2D eigenvalue weighted by molar-refractivity contribution is 0.828. The van der Waals surface area contributed by atoms with Crippen molar-refractivity contribution in [2.75, 3.05) is 17.7 Å². The average Bonchev–Trinajstić information content (AvgIpc) is 2.99. The molecule has 1 saturated carbocycles. The molecule has 17 heavy (non-hydrogen) atoms. The zero-order chi connectivity index (χ0) is 12.4. The van der Waals surface area contributed by atoms with Crippen LogP contribution in [0.25, 0.3) is 0 Å². The van der Waals surface area contributed by atoms with Crippen molar-refractivity contribution in [3.63, 3.8) is 0 Å². The van der Waals surface area contributed by atoms with Gasteiger partial charge in [-0.05, 0) is 25.7 Å². The van der Waals surface area contributed by atoms with Gasteiger partial charge < -0.3 is 10.6 Å². The summed E-state index contributed by atoms with van der Waals surface area (Å²) in [5.41, 5.74) is 1.12. The zero-order valence-corrected chi connectivity index (χ0v) is 11.2. The quantitative estimate of drug-likeness (QED) is 0.822. The summed E-state index contributed by atoms with van der Waals surface area (Å²) in [5.74, 6) is 3.65. The molecule has 1 aromatic rings. The topological polar surface area (TPSA) is 49.8 Å². The number of anilines is 2. The van der Waals surface area contributed by atoms with Crippen LogP contribution in [-0.2, 0) is 6.42 Å². The van der Waals surface area contributed by atoms with E-state index in [9.17, 15) is 0 Å². The van der Waals surface area contributed by atoms with E-state index < -0.39 is 0 Å². The monoisotopic (exact) mass is 234 g/mol. The third-order valence-electron chi connectivity index (χ3n) is 3.33. The number of nitrogens with one attached hydrogen (secondary N) is 2. The molecule has 94 valence electrons. The lowest BCUT2D eigenvalue weighted by atomic mass is 10.2. The fraction of sp³-hybridized carbons (Fsp3) is 0.692. The molecule has 2 atom stereocenters. The van der Waals surface area contributed by atoms with Crippen LogP contribution >= 0.6 is 0 Å². The van der Waals surface area contributed by atoms with Crippen molar-refractivity contribution in [3.8, 4) is 0 Å². The maximum atomic E-state index is 4.62. The van der Waals surface area contributed by atoms with Gasteiger partial charge in [0.1, 0.15) is 17.5 Å². The molecule has 1 fully saturated rings. The lowest BCUT2D eigenvalue weighted by Gasteiger charge is -2.13. The molecule has 2 N–H and O–H groups in total. The number of aryl methyl sites for hydroxylation is 1. The molecule has 0 aromatic carbocycles. The van der Waals surface area contributed by atoms with E-state index in [0.717, 1.165) is 41.8 Å². The Labute approximate surface area is 103 Å². The molecular formula is C13H22N4. The van der Waals surface area contributed by atoms with E-state index in [1.807, 2.05) is 7.05 Å². The van der Waals surface area contributed by atoms with Gasteiger partial charge in [0.25, 0.3) is 0 Å². The zero-order valence-electron chi connectivity index (χ0n) is 11.2. The highest BCUT2D eigenvalue weighted by Gasteiger charge is 2.33. The summed E-state index contributed by atoms with van der Waals surface area (Å²) in [6.45, 7) is 6.48. The van der Waals surface area contributed by atoms with Crippen molar-refractivity contribution in [2.45, 2.75) is 46.1 Å². The van der Waals surface area contributed by atoms with Crippen molar-refractivity contribution in [1.82, 2.24) is 9.97 Å². The predicted molar refractivity (Wildman–Crippen MR) is 71.5 cm³/mol. The normalized spacial score (nSPS) is 22.4. The summed E-state index contributed by atoms with van der Waals surface area (Å²) in [4.78, 5) is 9.15. The van der Waals surface area contributed by atoms with Gasteiger partial charge in [0.05, 0.1) is 0 Å². The van der Waals surface area contributed by atoms with Gasteiger partial charge in [-0.15, -0.1) is 0 Å². The molecule has 1 aliphatic carbocycles. The van der Waals surface area contributed by atoms with Gasteiger partial charge in [-0.1, -0.05) is 13.8 Å². The lowest BCUT2D eigenvalue weighted by Crippen LogP contribution is -2.12. The second kappa shape index (κ2) is 4.90. The smallest absolute Gasteiger partial charge is 0.135 e. The summed E-state index contributed by atoms with van der Waals surface area (Å²) in [7, 11) is 1.91. The largest absolute Gasteiger partial charge is 0.373 e. The van der Waals surface area contributed by atoms with Gasteiger partial charge in [0, 0.05) is 25.1 Å². The highest BCUT2D eigenvalue weighted by molar-refractivity contribution is 5.57. The SMILES string of the molecule is CCCc1nc(NC)c(C)c(NC2CC2C)n1. The van der Waals surface area contributed by atoms with Crippen LogP contribution in [0.15, 0.2) is 0 Å². The van der Waals surface area contributed by atoms with Crippen LogP contribution in [0, 0.1) is 12.8 Å². The Bertz CT molecular complexity index is 403. The molecule has 0 saturated heterocycles. The first-order chi connectivity index (χ1) is 8.15. The Morgan fingerprint density at radius 3 is 2.47 bits per heavy atom. The molecule has 1 aliphatic rings. The molecule has 1 heterocycles. The van der Waals surface area contributed by atoms with E-state index in [1.54, 1.807) is 0 Å². The molecular weight excluding hydrogens is 212 g/mol. The molecule has 4 heteroatoms. The Hall–Kier alpha value is -1.32. The summed E-state index contributed by atoms with van der Waals surface area (Å²) in [6, 6.07) is 0.600.